The Morgan fingerprint density at radius 3 is 2.55 bits per heavy atom. The lowest BCUT2D eigenvalue weighted by Gasteiger charge is -2.10. The van der Waals surface area contributed by atoms with Gasteiger partial charge in [0.15, 0.2) is 0 Å². The quantitative estimate of drug-likeness (QED) is 0.556. The lowest BCUT2D eigenvalue weighted by atomic mass is 10.1. The molecule has 0 saturated heterocycles. The first kappa shape index (κ1) is 13.9. The molecule has 0 aliphatic heterocycles. The maximum Gasteiger partial charge on any atom is 0.250 e. The fourth-order valence-electron chi connectivity index (χ4n) is 2.08. The van der Waals surface area contributed by atoms with Crippen molar-refractivity contribution in [2.24, 2.45) is 5.73 Å². The monoisotopic (exact) mass is 269 g/mol. The highest BCUT2D eigenvalue weighted by molar-refractivity contribution is 5.99. The number of nitrogen functional groups attached to an aromatic ring is 1. The number of rotatable bonds is 6. The van der Waals surface area contributed by atoms with Gasteiger partial charge in [0.1, 0.15) is 0 Å². The van der Waals surface area contributed by atoms with E-state index in [1.807, 2.05) is 18.2 Å². The van der Waals surface area contributed by atoms with Crippen molar-refractivity contribution in [3.63, 3.8) is 0 Å². The van der Waals surface area contributed by atoms with Crippen LogP contribution < -0.4 is 16.8 Å². The summed E-state index contributed by atoms with van der Waals surface area (Å²) in [5.41, 5.74) is 14.0. The van der Waals surface area contributed by atoms with Crippen molar-refractivity contribution >= 4 is 17.3 Å². The molecular weight excluding hydrogens is 250 g/mol. The van der Waals surface area contributed by atoms with E-state index in [4.69, 9.17) is 11.5 Å². The van der Waals surface area contributed by atoms with E-state index >= 15 is 0 Å². The molecule has 0 unspecified atom stereocenters. The van der Waals surface area contributed by atoms with Crippen molar-refractivity contribution in [1.29, 1.82) is 0 Å². The van der Waals surface area contributed by atoms with Gasteiger partial charge in [0, 0.05) is 17.9 Å². The summed E-state index contributed by atoms with van der Waals surface area (Å²) in [6.07, 6.45) is 1.97. The molecule has 0 aliphatic rings. The molecule has 0 saturated carbocycles. The predicted molar refractivity (Wildman–Crippen MR) is 82.6 cm³/mol. The van der Waals surface area contributed by atoms with Crippen LogP contribution in [0.25, 0.3) is 0 Å². The van der Waals surface area contributed by atoms with E-state index in [0.717, 1.165) is 25.1 Å². The number of carbonyl (C=O) groups is 1. The summed E-state index contributed by atoms with van der Waals surface area (Å²) < 4.78 is 0. The van der Waals surface area contributed by atoms with Gasteiger partial charge in [0.25, 0.3) is 5.91 Å². The zero-order chi connectivity index (χ0) is 14.4. The minimum Gasteiger partial charge on any atom is -0.399 e. The largest absolute Gasteiger partial charge is 0.399 e. The van der Waals surface area contributed by atoms with Crippen LogP contribution in [0.4, 0.5) is 11.4 Å². The van der Waals surface area contributed by atoms with Gasteiger partial charge in [-0.15, -0.1) is 0 Å². The molecule has 0 atom stereocenters. The van der Waals surface area contributed by atoms with Gasteiger partial charge in [-0.25, -0.2) is 0 Å². The lowest BCUT2D eigenvalue weighted by Crippen LogP contribution is -2.15. The third-order valence-corrected chi connectivity index (χ3v) is 3.11. The van der Waals surface area contributed by atoms with Gasteiger partial charge in [-0.05, 0) is 36.6 Å². The summed E-state index contributed by atoms with van der Waals surface area (Å²) in [6.45, 7) is 0.777. The van der Waals surface area contributed by atoms with Crippen LogP contribution in [-0.2, 0) is 6.42 Å². The first-order chi connectivity index (χ1) is 9.66. The third-order valence-electron chi connectivity index (χ3n) is 3.11. The van der Waals surface area contributed by atoms with E-state index in [1.165, 1.54) is 5.56 Å². The van der Waals surface area contributed by atoms with Gasteiger partial charge in [-0.2, -0.15) is 0 Å². The second kappa shape index (κ2) is 6.61. The summed E-state index contributed by atoms with van der Waals surface area (Å²) in [7, 11) is 0. The number of primary amides is 1. The van der Waals surface area contributed by atoms with Gasteiger partial charge >= 0.3 is 0 Å². The number of nitrogens with two attached hydrogens (primary N) is 2. The maximum atomic E-state index is 11.4. The van der Waals surface area contributed by atoms with Crippen molar-refractivity contribution in [1.82, 2.24) is 0 Å². The maximum absolute atomic E-state index is 11.4. The third kappa shape index (κ3) is 3.75. The van der Waals surface area contributed by atoms with Gasteiger partial charge in [0.2, 0.25) is 0 Å². The molecule has 0 aliphatic carbocycles. The number of anilines is 2. The Balaban J connectivity index is 1.90. The minimum absolute atomic E-state index is 0.435. The Hall–Kier alpha value is -2.49. The Kier molecular flexibility index (Phi) is 4.60. The van der Waals surface area contributed by atoms with E-state index in [9.17, 15) is 4.79 Å². The molecule has 20 heavy (non-hydrogen) atoms. The molecule has 0 fully saturated rings. The highest BCUT2D eigenvalue weighted by atomic mass is 16.1. The highest BCUT2D eigenvalue weighted by Crippen LogP contribution is 2.18. The molecule has 5 N–H and O–H groups in total. The molecule has 104 valence electrons. The van der Waals surface area contributed by atoms with Crippen LogP contribution in [-0.4, -0.2) is 12.5 Å². The predicted octanol–water partition coefficient (Wildman–Crippen LogP) is 2.41. The fraction of sp³-hybridized carbons (Fsp3) is 0.188. The molecule has 2 aromatic rings. The van der Waals surface area contributed by atoms with Crippen molar-refractivity contribution in [3.05, 3.63) is 59.7 Å². The normalized spacial score (nSPS) is 10.2. The molecule has 2 aromatic carbocycles. The molecule has 4 nitrogen and oxygen atoms in total. The number of aryl methyl sites for hydroxylation is 1. The molecule has 1 amide bonds. The van der Waals surface area contributed by atoms with E-state index in [0.29, 0.717) is 11.3 Å². The van der Waals surface area contributed by atoms with Crippen LogP contribution >= 0.6 is 0 Å². The van der Waals surface area contributed by atoms with E-state index in [-0.39, 0.29) is 0 Å². The van der Waals surface area contributed by atoms with Crippen LogP contribution in [0.5, 0.6) is 0 Å². The van der Waals surface area contributed by atoms with Gasteiger partial charge in [-0.3, -0.25) is 4.79 Å². The van der Waals surface area contributed by atoms with E-state index in [2.05, 4.69) is 17.4 Å². The Morgan fingerprint density at radius 1 is 1.10 bits per heavy atom. The van der Waals surface area contributed by atoms with Crippen LogP contribution in [0.15, 0.2) is 48.5 Å². The number of amides is 1. The standard InChI is InChI=1S/C16H19N3O/c17-13-8-9-15(14(11-13)16(18)20)19-10-4-7-12-5-2-1-3-6-12/h1-3,5-6,8-9,11,19H,4,7,10,17H2,(H2,18,20). The molecule has 0 aromatic heterocycles. The van der Waals surface area contributed by atoms with E-state index in [1.54, 1.807) is 18.2 Å². The SMILES string of the molecule is NC(=O)c1cc(N)ccc1NCCCc1ccccc1. The topological polar surface area (TPSA) is 81.1 Å². The first-order valence-electron chi connectivity index (χ1n) is 6.64. The molecule has 0 spiro atoms. The average Bonchev–Trinajstić information content (AvgIpc) is 2.45. The number of nitrogens with one attached hydrogen (secondary N) is 1. The van der Waals surface area contributed by atoms with Crippen LogP contribution in [0.3, 0.4) is 0 Å². The number of hydrogen-bond acceptors (Lipinski definition) is 3. The zero-order valence-electron chi connectivity index (χ0n) is 11.3. The number of hydrogen-bond donors (Lipinski definition) is 3. The van der Waals surface area contributed by atoms with Crippen molar-refractivity contribution in [2.75, 3.05) is 17.6 Å². The summed E-state index contributed by atoms with van der Waals surface area (Å²) in [5.74, 6) is -0.470. The van der Waals surface area contributed by atoms with Gasteiger partial charge < -0.3 is 16.8 Å². The zero-order valence-corrected chi connectivity index (χ0v) is 11.3. The lowest BCUT2D eigenvalue weighted by molar-refractivity contribution is 0.100. The summed E-state index contributed by atoms with van der Waals surface area (Å²) >= 11 is 0. The smallest absolute Gasteiger partial charge is 0.250 e. The summed E-state index contributed by atoms with van der Waals surface area (Å²) in [4.78, 5) is 11.4. The van der Waals surface area contributed by atoms with Crippen LogP contribution in [0, 0.1) is 0 Å². The Labute approximate surface area is 118 Å². The van der Waals surface area contributed by atoms with Crippen LogP contribution in [0.1, 0.15) is 22.3 Å². The first-order valence-corrected chi connectivity index (χ1v) is 6.64. The van der Waals surface area contributed by atoms with Crippen molar-refractivity contribution in [3.8, 4) is 0 Å². The Morgan fingerprint density at radius 2 is 1.85 bits per heavy atom. The molecule has 4 heteroatoms. The van der Waals surface area contributed by atoms with Gasteiger partial charge in [0.05, 0.1) is 5.56 Å². The second-order valence-electron chi connectivity index (χ2n) is 4.69. The summed E-state index contributed by atoms with van der Waals surface area (Å²) in [6, 6.07) is 15.4. The van der Waals surface area contributed by atoms with Crippen molar-refractivity contribution < 1.29 is 4.79 Å². The molecule has 0 radical (unpaired) electrons. The molecule has 0 bridgehead atoms. The second-order valence-corrected chi connectivity index (χ2v) is 4.69. The molecular formula is C16H19N3O. The minimum atomic E-state index is -0.470. The average molecular weight is 269 g/mol. The van der Waals surface area contributed by atoms with Crippen molar-refractivity contribution in [2.45, 2.75) is 12.8 Å². The molecule has 0 heterocycles. The number of carbonyl (C=O) groups excluding carboxylic acids is 1. The highest BCUT2D eigenvalue weighted by Gasteiger charge is 2.07. The van der Waals surface area contributed by atoms with Crippen LogP contribution in [0.2, 0.25) is 0 Å². The number of benzene rings is 2. The molecule has 2 rings (SSSR count). The fourth-order valence-corrected chi connectivity index (χ4v) is 2.08. The van der Waals surface area contributed by atoms with E-state index < -0.39 is 5.91 Å². The summed E-state index contributed by atoms with van der Waals surface area (Å²) in [5, 5.41) is 3.24. The van der Waals surface area contributed by atoms with Gasteiger partial charge in [-0.1, -0.05) is 30.3 Å². The Bertz CT molecular complexity index is 582.